The summed E-state index contributed by atoms with van der Waals surface area (Å²) < 4.78 is 0. The molecule has 0 atom stereocenters. The molecular formula is C24H21N3O. The van der Waals surface area contributed by atoms with Gasteiger partial charge in [-0.1, -0.05) is 36.1 Å². The summed E-state index contributed by atoms with van der Waals surface area (Å²) in [5, 5.41) is 2.97. The van der Waals surface area contributed by atoms with Gasteiger partial charge in [0.05, 0.1) is 6.54 Å². The molecule has 0 unspecified atom stereocenters. The zero-order valence-corrected chi connectivity index (χ0v) is 15.6. The molecule has 1 N–H and O–H groups in total. The average molecular weight is 367 g/mol. The zero-order valence-electron chi connectivity index (χ0n) is 15.6. The van der Waals surface area contributed by atoms with E-state index in [-0.39, 0.29) is 5.91 Å². The highest BCUT2D eigenvalue weighted by molar-refractivity contribution is 6.04. The second-order valence-electron chi connectivity index (χ2n) is 6.80. The Bertz CT molecular complexity index is 1020. The van der Waals surface area contributed by atoms with Crippen LogP contribution in [0.25, 0.3) is 0 Å². The molecule has 4 nitrogen and oxygen atoms in total. The molecule has 28 heavy (non-hydrogen) atoms. The summed E-state index contributed by atoms with van der Waals surface area (Å²) in [6.07, 6.45) is 4.24. The Morgan fingerprint density at radius 2 is 1.86 bits per heavy atom. The molecule has 4 rings (SSSR count). The van der Waals surface area contributed by atoms with E-state index in [0.717, 1.165) is 37.3 Å². The summed E-state index contributed by atoms with van der Waals surface area (Å²) in [4.78, 5) is 18.6. The van der Waals surface area contributed by atoms with Crippen molar-refractivity contribution < 1.29 is 4.79 Å². The number of rotatable bonds is 3. The maximum atomic E-state index is 12.4. The highest BCUT2D eigenvalue weighted by Gasteiger charge is 2.16. The molecule has 0 spiro atoms. The van der Waals surface area contributed by atoms with Crippen molar-refractivity contribution in [2.24, 2.45) is 0 Å². The Balaban J connectivity index is 1.41. The van der Waals surface area contributed by atoms with Crippen molar-refractivity contribution in [2.75, 3.05) is 18.4 Å². The number of nitrogens with zero attached hydrogens (tertiary/aromatic N) is 2. The fourth-order valence-electron chi connectivity index (χ4n) is 3.31. The summed E-state index contributed by atoms with van der Waals surface area (Å²) >= 11 is 0. The van der Waals surface area contributed by atoms with Gasteiger partial charge in [0.15, 0.2) is 0 Å². The molecule has 1 aliphatic heterocycles. The molecule has 1 aromatic heterocycles. The Kier molecular flexibility index (Phi) is 5.46. The van der Waals surface area contributed by atoms with Crippen LogP contribution in [0.2, 0.25) is 0 Å². The molecule has 0 radical (unpaired) electrons. The molecule has 1 amide bonds. The first-order chi connectivity index (χ1) is 13.8. The molecule has 0 saturated heterocycles. The number of amides is 1. The van der Waals surface area contributed by atoms with Gasteiger partial charge in [0.1, 0.15) is 0 Å². The van der Waals surface area contributed by atoms with E-state index in [1.807, 2.05) is 36.4 Å². The number of nitrogens with one attached hydrogen (secondary N) is 1. The number of carbonyl (C=O) groups is 1. The predicted octanol–water partition coefficient (Wildman–Crippen LogP) is 3.74. The first kappa shape index (κ1) is 18.0. The summed E-state index contributed by atoms with van der Waals surface area (Å²) in [6.45, 7) is 2.58. The van der Waals surface area contributed by atoms with Crippen molar-refractivity contribution in [1.29, 1.82) is 0 Å². The predicted molar refractivity (Wildman–Crippen MR) is 111 cm³/mol. The summed E-state index contributed by atoms with van der Waals surface area (Å²) in [5.74, 6) is 6.37. The molecule has 0 aliphatic carbocycles. The highest BCUT2D eigenvalue weighted by atomic mass is 16.1. The number of pyridine rings is 1. The van der Waals surface area contributed by atoms with Gasteiger partial charge in [-0.2, -0.15) is 0 Å². The maximum Gasteiger partial charge on any atom is 0.255 e. The largest absolute Gasteiger partial charge is 0.322 e. The lowest BCUT2D eigenvalue weighted by atomic mass is 9.99. The minimum Gasteiger partial charge on any atom is -0.322 e. The van der Waals surface area contributed by atoms with Crippen molar-refractivity contribution in [2.45, 2.75) is 13.0 Å². The molecule has 0 bridgehead atoms. The SMILES string of the molecule is O=C(Nc1ccc2c(c1)CN(CC#Cc1ccccc1)CC2)c1ccncc1. The quantitative estimate of drug-likeness (QED) is 0.717. The number of carbonyl (C=O) groups excluding carboxylic acids is 1. The van der Waals surface area contributed by atoms with Gasteiger partial charge in [0.25, 0.3) is 5.91 Å². The van der Waals surface area contributed by atoms with Crippen LogP contribution in [0.5, 0.6) is 0 Å². The van der Waals surface area contributed by atoms with Crippen molar-refractivity contribution in [3.05, 3.63) is 95.3 Å². The summed E-state index contributed by atoms with van der Waals surface area (Å²) in [7, 11) is 0. The van der Waals surface area contributed by atoms with Gasteiger partial charge in [-0.25, -0.2) is 0 Å². The van der Waals surface area contributed by atoms with Crippen LogP contribution >= 0.6 is 0 Å². The number of hydrogen-bond acceptors (Lipinski definition) is 3. The monoisotopic (exact) mass is 367 g/mol. The van der Waals surface area contributed by atoms with Gasteiger partial charge < -0.3 is 5.32 Å². The number of benzene rings is 2. The lowest BCUT2D eigenvalue weighted by Crippen LogP contribution is -2.31. The average Bonchev–Trinajstić information content (AvgIpc) is 2.75. The van der Waals surface area contributed by atoms with Crippen molar-refractivity contribution >= 4 is 11.6 Å². The number of fused-ring (bicyclic) bond motifs is 1. The lowest BCUT2D eigenvalue weighted by Gasteiger charge is -2.27. The van der Waals surface area contributed by atoms with E-state index < -0.39 is 0 Å². The van der Waals surface area contributed by atoms with Crippen LogP contribution in [-0.2, 0) is 13.0 Å². The molecule has 4 heteroatoms. The second-order valence-corrected chi connectivity index (χ2v) is 6.80. The standard InChI is InChI=1S/C24H21N3O/c28-24(21-10-13-25-14-11-21)26-23-9-8-20-12-16-27(18-22(20)17-23)15-4-7-19-5-2-1-3-6-19/h1-3,5-6,8-11,13-14,17H,12,15-16,18H2,(H,26,28). The van der Waals surface area contributed by atoms with Crippen LogP contribution in [0.4, 0.5) is 5.69 Å². The smallest absolute Gasteiger partial charge is 0.255 e. The Morgan fingerprint density at radius 1 is 1.04 bits per heavy atom. The third kappa shape index (κ3) is 4.46. The van der Waals surface area contributed by atoms with Gasteiger partial charge >= 0.3 is 0 Å². The first-order valence-electron chi connectivity index (χ1n) is 9.37. The molecule has 3 aromatic rings. The molecule has 2 heterocycles. The Morgan fingerprint density at radius 3 is 2.68 bits per heavy atom. The molecule has 1 aliphatic rings. The van der Waals surface area contributed by atoms with Crippen LogP contribution < -0.4 is 5.32 Å². The van der Waals surface area contributed by atoms with Crippen LogP contribution in [0.3, 0.4) is 0 Å². The van der Waals surface area contributed by atoms with Gasteiger partial charge in [-0.15, -0.1) is 0 Å². The normalized spacial score (nSPS) is 13.1. The van der Waals surface area contributed by atoms with Gasteiger partial charge in [-0.05, 0) is 53.9 Å². The fraction of sp³-hybridized carbons (Fsp3) is 0.167. The van der Waals surface area contributed by atoms with Crippen LogP contribution in [0.15, 0.2) is 73.1 Å². The van der Waals surface area contributed by atoms with E-state index in [9.17, 15) is 4.79 Å². The van der Waals surface area contributed by atoms with E-state index in [4.69, 9.17) is 0 Å². The lowest BCUT2D eigenvalue weighted by molar-refractivity contribution is 0.102. The van der Waals surface area contributed by atoms with E-state index in [0.29, 0.717) is 5.56 Å². The van der Waals surface area contributed by atoms with Gasteiger partial charge in [0.2, 0.25) is 0 Å². The van der Waals surface area contributed by atoms with Gasteiger partial charge in [-0.3, -0.25) is 14.7 Å². The molecule has 138 valence electrons. The van der Waals surface area contributed by atoms with Crippen LogP contribution in [-0.4, -0.2) is 28.9 Å². The molecular weight excluding hydrogens is 346 g/mol. The minimum absolute atomic E-state index is 0.122. The number of hydrogen-bond donors (Lipinski definition) is 1. The summed E-state index contributed by atoms with van der Waals surface area (Å²) in [5.41, 5.74) is 5.05. The van der Waals surface area contributed by atoms with Crippen LogP contribution in [0, 0.1) is 11.8 Å². The topological polar surface area (TPSA) is 45.2 Å². The number of anilines is 1. The van der Waals surface area contributed by atoms with E-state index >= 15 is 0 Å². The van der Waals surface area contributed by atoms with Crippen molar-refractivity contribution in [3.63, 3.8) is 0 Å². The van der Waals surface area contributed by atoms with E-state index in [2.05, 4.69) is 39.2 Å². The highest BCUT2D eigenvalue weighted by Crippen LogP contribution is 2.23. The maximum absolute atomic E-state index is 12.4. The molecule has 0 fully saturated rings. The number of aromatic nitrogens is 1. The summed E-state index contributed by atoms with van der Waals surface area (Å²) in [6, 6.07) is 19.6. The third-order valence-electron chi connectivity index (χ3n) is 4.81. The van der Waals surface area contributed by atoms with Crippen molar-refractivity contribution in [1.82, 2.24) is 9.88 Å². The van der Waals surface area contributed by atoms with E-state index in [1.165, 1.54) is 11.1 Å². The first-order valence-corrected chi connectivity index (χ1v) is 9.37. The molecule has 0 saturated carbocycles. The Hall–Kier alpha value is -3.42. The fourth-order valence-corrected chi connectivity index (χ4v) is 3.31. The zero-order chi connectivity index (χ0) is 19.2. The van der Waals surface area contributed by atoms with Crippen molar-refractivity contribution in [3.8, 4) is 11.8 Å². The Labute approximate surface area is 165 Å². The van der Waals surface area contributed by atoms with E-state index in [1.54, 1.807) is 24.5 Å². The second kappa shape index (κ2) is 8.51. The van der Waals surface area contributed by atoms with Crippen LogP contribution in [0.1, 0.15) is 27.0 Å². The minimum atomic E-state index is -0.122. The third-order valence-corrected chi connectivity index (χ3v) is 4.81. The van der Waals surface area contributed by atoms with Gasteiger partial charge in [0, 0.05) is 42.3 Å². The molecule has 2 aromatic carbocycles.